The largest absolute Gasteiger partial charge is 0.484 e. The lowest BCUT2D eigenvalue weighted by atomic mass is 10.1. The van der Waals surface area contributed by atoms with E-state index in [9.17, 15) is 13.2 Å². The molecule has 0 aliphatic heterocycles. The van der Waals surface area contributed by atoms with Crippen molar-refractivity contribution in [2.75, 3.05) is 50.5 Å². The average Bonchev–Trinajstić information content (AvgIpc) is 3.03. The van der Waals surface area contributed by atoms with Gasteiger partial charge in [0.1, 0.15) is 18.2 Å². The molecule has 2 aromatic rings. The van der Waals surface area contributed by atoms with Crippen LogP contribution < -0.4 is 19.1 Å². The van der Waals surface area contributed by atoms with Gasteiger partial charge in [0.2, 0.25) is 10.0 Å². The molecule has 15 heteroatoms. The molecule has 0 saturated heterocycles. The highest BCUT2D eigenvalue weighted by Gasteiger charge is 2.34. The lowest BCUT2D eigenvalue weighted by Crippen LogP contribution is -2.41. The number of hydrogen-bond acceptors (Lipinski definition) is 8. The molecule has 0 aliphatic carbocycles. The van der Waals surface area contributed by atoms with Crippen LogP contribution in [0.5, 0.6) is 11.5 Å². The van der Waals surface area contributed by atoms with Crippen molar-refractivity contribution in [1.29, 1.82) is 0 Å². The Balaban J connectivity index is 2.45. The van der Waals surface area contributed by atoms with E-state index in [-0.39, 0.29) is 32.6 Å². The van der Waals surface area contributed by atoms with Crippen molar-refractivity contribution in [2.24, 2.45) is 0 Å². The number of amides is 1. The minimum atomic E-state index is -3.78. The second-order valence-corrected chi connectivity index (χ2v) is 33.9. The van der Waals surface area contributed by atoms with Gasteiger partial charge < -0.3 is 28.7 Å². The summed E-state index contributed by atoms with van der Waals surface area (Å²) in [6.07, 6.45) is 0.631. The number of hydrogen-bond donors (Lipinski definition) is 1. The van der Waals surface area contributed by atoms with E-state index >= 15 is 0 Å². The average molecular weight is 834 g/mol. The van der Waals surface area contributed by atoms with E-state index in [4.69, 9.17) is 23.4 Å². The summed E-state index contributed by atoms with van der Waals surface area (Å²) >= 11 is 3.41. The van der Waals surface area contributed by atoms with Gasteiger partial charge in [-0.1, -0.05) is 82.0 Å². The fourth-order valence-electron chi connectivity index (χ4n) is 4.93. The number of anilines is 1. The van der Waals surface area contributed by atoms with Gasteiger partial charge in [0.25, 0.3) is 5.91 Å². The van der Waals surface area contributed by atoms with Crippen LogP contribution >= 0.6 is 15.9 Å². The predicted molar refractivity (Wildman–Crippen MR) is 216 cm³/mol. The molecule has 0 radical (unpaired) electrons. The highest BCUT2D eigenvalue weighted by Crippen LogP contribution is 2.36. The standard InChI is InChI=1S/C35H61BrN2O8SSi3/c1-11-50(12-2,13-3)46-34(25-37-35(39)26-44-31-17-15-30(36)16-18-31)29-14-19-33(45-28-43-21-23-49(8,9)10)32(24-29)38(47(4,40)41)27-42-20-22-48(5,6)7/h14-19,24,34H,11-13,20-23,25-28H2,1-10H3,(H,37,39). The molecule has 0 aliphatic rings. The van der Waals surface area contributed by atoms with Gasteiger partial charge in [0, 0.05) is 40.4 Å². The van der Waals surface area contributed by atoms with Crippen molar-refractivity contribution in [1.82, 2.24) is 5.32 Å². The van der Waals surface area contributed by atoms with Gasteiger partial charge in [0.05, 0.1) is 18.0 Å². The first kappa shape index (κ1) is 44.4. The van der Waals surface area contributed by atoms with Crippen LogP contribution in [0.4, 0.5) is 5.69 Å². The molecule has 1 atom stereocenters. The number of ether oxygens (including phenoxy) is 4. The van der Waals surface area contributed by atoms with E-state index in [0.717, 1.165) is 40.3 Å². The van der Waals surface area contributed by atoms with Crippen LogP contribution in [-0.4, -0.2) is 84.9 Å². The normalized spacial score (nSPS) is 13.2. The highest BCUT2D eigenvalue weighted by molar-refractivity contribution is 9.10. The molecule has 1 N–H and O–H groups in total. The zero-order valence-electron chi connectivity index (χ0n) is 31.9. The Morgan fingerprint density at radius 2 is 1.44 bits per heavy atom. The minimum absolute atomic E-state index is 0.0171. The van der Waals surface area contributed by atoms with Crippen molar-refractivity contribution in [3.8, 4) is 11.5 Å². The lowest BCUT2D eigenvalue weighted by Gasteiger charge is -2.34. The van der Waals surface area contributed by atoms with Crippen LogP contribution in [0.2, 0.25) is 69.5 Å². The molecule has 0 heterocycles. The molecule has 0 aromatic heterocycles. The maximum Gasteiger partial charge on any atom is 0.258 e. The van der Waals surface area contributed by atoms with Gasteiger partial charge in [0.15, 0.2) is 21.7 Å². The minimum Gasteiger partial charge on any atom is -0.484 e. The van der Waals surface area contributed by atoms with Crippen LogP contribution in [0.15, 0.2) is 46.9 Å². The van der Waals surface area contributed by atoms with E-state index < -0.39 is 40.6 Å². The van der Waals surface area contributed by atoms with Crippen LogP contribution in [0.1, 0.15) is 32.4 Å². The van der Waals surface area contributed by atoms with Crippen molar-refractivity contribution >= 4 is 62.0 Å². The summed E-state index contributed by atoms with van der Waals surface area (Å²) in [6, 6.07) is 17.3. The van der Waals surface area contributed by atoms with E-state index in [0.29, 0.717) is 30.4 Å². The molecule has 2 aromatic carbocycles. The first-order valence-electron chi connectivity index (χ1n) is 17.5. The molecule has 0 spiro atoms. The van der Waals surface area contributed by atoms with Crippen LogP contribution in [0.3, 0.4) is 0 Å². The summed E-state index contributed by atoms with van der Waals surface area (Å²) in [5, 5.41) is 2.99. The summed E-state index contributed by atoms with van der Waals surface area (Å²) in [6.45, 7) is 20.9. The van der Waals surface area contributed by atoms with Gasteiger partial charge in [-0.05, 0) is 72.2 Å². The number of halogens is 1. The molecule has 10 nitrogen and oxygen atoms in total. The number of benzene rings is 2. The van der Waals surface area contributed by atoms with Gasteiger partial charge in [-0.3, -0.25) is 4.79 Å². The smallest absolute Gasteiger partial charge is 0.258 e. The number of carbonyl (C=O) groups excluding carboxylic acids is 1. The number of rotatable bonds is 24. The molecule has 0 fully saturated rings. The van der Waals surface area contributed by atoms with Crippen LogP contribution in [0, 0.1) is 0 Å². The summed E-state index contributed by atoms with van der Waals surface area (Å²) in [7, 11) is -8.66. The van der Waals surface area contributed by atoms with Crippen molar-refractivity contribution in [3.63, 3.8) is 0 Å². The van der Waals surface area contributed by atoms with Crippen molar-refractivity contribution < 1.29 is 36.6 Å². The molecule has 0 bridgehead atoms. The Hall–Kier alpha value is -1.73. The van der Waals surface area contributed by atoms with Crippen LogP contribution in [0.25, 0.3) is 0 Å². The quantitative estimate of drug-likeness (QED) is 0.0637. The van der Waals surface area contributed by atoms with Gasteiger partial charge in [-0.25, -0.2) is 12.7 Å². The predicted octanol–water partition coefficient (Wildman–Crippen LogP) is 8.48. The number of sulfonamides is 1. The third kappa shape index (κ3) is 16.3. The molecule has 284 valence electrons. The van der Waals surface area contributed by atoms with E-state index in [2.05, 4.69) is 81.3 Å². The van der Waals surface area contributed by atoms with E-state index in [1.165, 1.54) is 10.6 Å². The fraction of sp³-hybridized carbons (Fsp3) is 0.629. The van der Waals surface area contributed by atoms with Crippen molar-refractivity contribution in [2.45, 2.75) is 96.4 Å². The Morgan fingerprint density at radius 1 is 0.860 bits per heavy atom. The van der Waals surface area contributed by atoms with Gasteiger partial charge in [-0.15, -0.1) is 0 Å². The topological polar surface area (TPSA) is 113 Å². The number of nitrogens with zero attached hydrogens (tertiary/aromatic N) is 1. The number of nitrogens with one attached hydrogen (secondary N) is 1. The molecule has 50 heavy (non-hydrogen) atoms. The Morgan fingerprint density at radius 3 is 1.98 bits per heavy atom. The molecule has 1 unspecified atom stereocenters. The first-order valence-corrected chi connectivity index (χ1v) is 30.1. The second kappa shape index (κ2) is 20.5. The fourth-order valence-corrected chi connectivity index (χ4v) is 10.3. The molecule has 1 amide bonds. The van der Waals surface area contributed by atoms with E-state index in [1.54, 1.807) is 24.3 Å². The second-order valence-electron chi connectivity index (χ2n) is 15.1. The zero-order chi connectivity index (χ0) is 37.6. The van der Waals surface area contributed by atoms with Gasteiger partial charge in [-0.2, -0.15) is 0 Å². The summed E-state index contributed by atoms with van der Waals surface area (Å²) in [4.78, 5) is 13.0. The van der Waals surface area contributed by atoms with E-state index in [1.807, 2.05) is 18.2 Å². The monoisotopic (exact) mass is 832 g/mol. The molecular formula is C35H61BrN2O8SSi3. The maximum absolute atomic E-state index is 13.3. The molecule has 0 saturated carbocycles. The maximum atomic E-state index is 13.3. The lowest BCUT2D eigenvalue weighted by molar-refractivity contribution is -0.123. The number of carbonyl (C=O) groups is 1. The van der Waals surface area contributed by atoms with Crippen LogP contribution in [-0.2, 0) is 28.7 Å². The summed E-state index contributed by atoms with van der Waals surface area (Å²) < 4.78 is 59.3. The summed E-state index contributed by atoms with van der Waals surface area (Å²) in [5.41, 5.74) is 1.06. The first-order chi connectivity index (χ1) is 23.3. The Bertz CT molecular complexity index is 1420. The summed E-state index contributed by atoms with van der Waals surface area (Å²) in [5.74, 6) is 0.655. The Kier molecular flexibility index (Phi) is 18.2. The highest BCUT2D eigenvalue weighted by atomic mass is 79.9. The Labute approximate surface area is 313 Å². The van der Waals surface area contributed by atoms with Crippen molar-refractivity contribution in [3.05, 3.63) is 52.5 Å². The molecule has 2 rings (SSSR count). The van der Waals surface area contributed by atoms with Gasteiger partial charge >= 0.3 is 0 Å². The molecular weight excluding hydrogens is 773 g/mol. The third-order valence-corrected chi connectivity index (χ3v) is 18.2. The SMILES string of the molecule is CC[Si](CC)(CC)OC(CNC(=O)COc1ccc(Br)cc1)c1ccc(OCOCC[Si](C)(C)C)c(N(COCC[Si](C)(C)C)S(C)(=O)=O)c1. The zero-order valence-corrected chi connectivity index (χ0v) is 37.3. The third-order valence-electron chi connectivity index (χ3n) is 8.52.